The maximum Gasteiger partial charge on any atom is 4.00 e. The van der Waals surface area contributed by atoms with E-state index in [9.17, 15) is 0 Å². The Morgan fingerprint density at radius 3 is 0.162 bits per heavy atom. The van der Waals surface area contributed by atoms with Gasteiger partial charge in [0.05, 0.1) is 0 Å². The van der Waals surface area contributed by atoms with E-state index >= 15 is 0 Å². The molecule has 0 spiro atoms. The third kappa shape index (κ3) is 122. The van der Waals surface area contributed by atoms with Crippen molar-refractivity contribution in [2.45, 2.75) is 0 Å². The van der Waals surface area contributed by atoms with Crippen molar-refractivity contribution in [1.29, 1.82) is 0 Å². The van der Waals surface area contributed by atoms with Crippen LogP contribution in [-0.2, 0) is 0 Å². The molecule has 0 aliphatic carbocycles. The topological polar surface area (TPSA) is 155 Å². The number of nitrogens with zero attached hydrogens (tertiary/aromatic N) is 12. The van der Waals surface area contributed by atoms with Crippen LogP contribution in [0.25, 0.3) is 0 Å². The van der Waals surface area contributed by atoms with Crippen LogP contribution >= 0.6 is 0 Å². The minimum Gasteiger partial charge on any atom is -0.265 e. The molecule has 0 aliphatic rings. The van der Waals surface area contributed by atoms with Gasteiger partial charge in [0.25, 0.3) is 0 Å². The van der Waals surface area contributed by atoms with Crippen LogP contribution in [0.1, 0.15) is 0 Å². The first-order valence-electron chi connectivity index (χ1n) is 39.1. The molecule has 20 aromatic rings. The first-order chi connectivity index (χ1) is 63.2. The maximum absolute atomic E-state index is 3.78. The molecule has 0 saturated carbocycles. The van der Waals surface area contributed by atoms with Crippen molar-refractivity contribution in [3.8, 4) is 0 Å². The third-order valence-corrected chi connectivity index (χ3v) is 17.3. The maximum atomic E-state index is 3.78. The van der Waals surface area contributed by atoms with Gasteiger partial charge in [0.1, 0.15) is 0 Å². The van der Waals surface area contributed by atoms with Crippen molar-refractivity contribution < 1.29 is 124 Å². The molecule has 0 amide bonds. The average molecular weight is 3470 g/mol. The van der Waals surface area contributed by atoms with Crippen molar-refractivity contribution in [3.05, 3.63) is 610 Å². The molecule has 136 heavy (non-hydrogen) atoms. The second-order valence-electron chi connectivity index (χ2n) is 22.8. The van der Waals surface area contributed by atoms with Crippen molar-refractivity contribution >= 4 is 232 Å². The second kappa shape index (κ2) is 125. The normalized spacial score (nSPS) is 7.76. The molecule has 12 heterocycles. The van der Waals surface area contributed by atoms with Crippen LogP contribution in [0.2, 0.25) is 0 Å². The summed E-state index contributed by atoms with van der Waals surface area (Å²) in [5.41, 5.74) is 0. The Morgan fingerprint density at radius 1 is 0.0882 bits per heavy atom. The molecular formula is C108H100N12Se12U4. The zero-order valence-electron chi connectivity index (χ0n) is 74.0. The number of aromatic nitrogens is 12. The average Bonchev–Trinajstić information content (AvgIpc) is 1.03. The number of benzene rings is 8. The van der Waals surface area contributed by atoms with Gasteiger partial charge in [-0.25, -0.2) is 0 Å². The molecule has 8 aromatic carbocycles. The summed E-state index contributed by atoms with van der Waals surface area (Å²) in [4.78, 5) is 45.4. The Morgan fingerprint density at radius 2 is 0.140 bits per heavy atom. The van der Waals surface area contributed by atoms with E-state index in [4.69, 9.17) is 0 Å². The minimum absolute atomic E-state index is 0. The summed E-state index contributed by atoms with van der Waals surface area (Å²) < 4.78 is 9.57. The summed E-state index contributed by atoms with van der Waals surface area (Å²) in [5.74, 6) is 0. The smallest absolute Gasteiger partial charge is 0.265 e. The van der Waals surface area contributed by atoms with Gasteiger partial charge < -0.3 is 68.3 Å². The van der Waals surface area contributed by atoms with Gasteiger partial charge in [-0.1, -0.05) is 72.8 Å². The fourth-order valence-electron chi connectivity index (χ4n) is 7.12. The Bertz CT molecular complexity index is 3840. The standard InChI is InChI=1S/8C6H6Se.12C5H5N.4Se.4U/c8*7-6-4-2-1-3-5-6;12*1-2-4-6-5-3-1;;;;;;;;/h8*1-5,7H;12*1-5H;;;;;;;;/q;;;;;;;;;;;;;;;;;;;;4*-2;4*+4/p-8. The monoisotopic (exact) mass is 3480 g/mol. The number of rotatable bonds is 0. The minimum atomic E-state index is 0. The Kier molecular flexibility index (Phi) is 134. The molecule has 12 aromatic heterocycles. The SMILES string of the molecule is [Se-2].[Se-2].[Se-2].[Se-2].[Se-]c1ccccc1.[Se-]c1ccccc1.[Se-]c1ccccc1.[Se-]c1ccccc1.[Se-]c1ccccc1.[Se-]c1ccccc1.[Se-]c1ccccc1.[Se-]c1ccccc1.[U+4].[U+4].[U+4].[U+4].c1ccncc1.c1ccncc1.c1ccncc1.c1ccncc1.c1ccncc1.c1ccncc1.c1ccncc1.c1ccncc1.c1ccncc1.c1ccncc1.c1ccncc1.c1ccncc1. The van der Waals surface area contributed by atoms with E-state index in [0.717, 1.165) is 0 Å². The summed E-state index contributed by atoms with van der Waals surface area (Å²) in [6.45, 7) is 0. The summed E-state index contributed by atoms with van der Waals surface area (Å²) in [6, 6.07) is 149. The fraction of sp³-hybridized carbons (Fsp3) is 0. The number of hydrogen-bond acceptors (Lipinski definition) is 12. The van der Waals surface area contributed by atoms with E-state index in [1.165, 1.54) is 35.7 Å². The molecule has 0 saturated heterocycles. The van der Waals surface area contributed by atoms with Gasteiger partial charge in [0, 0.05) is 149 Å². The predicted molar refractivity (Wildman–Crippen MR) is 569 cm³/mol. The molecule has 20 rings (SSSR count). The largest absolute Gasteiger partial charge is 4.00 e. The zero-order chi connectivity index (χ0) is 91.8. The molecule has 0 N–H and O–H groups in total. The van der Waals surface area contributed by atoms with Gasteiger partial charge >= 0.3 is 531 Å². The summed E-state index contributed by atoms with van der Waals surface area (Å²) in [7, 11) is 0. The van der Waals surface area contributed by atoms with Crippen LogP contribution in [0, 0.1) is 124 Å². The van der Waals surface area contributed by atoms with Crippen LogP contribution in [-0.4, -0.2) is 256 Å². The van der Waals surface area contributed by atoms with Crippen LogP contribution in [0.4, 0.5) is 0 Å². The Labute approximate surface area is 1010 Å². The molecule has 680 valence electrons. The van der Waals surface area contributed by atoms with Crippen LogP contribution in [0.5, 0.6) is 0 Å². The van der Waals surface area contributed by atoms with E-state index in [1.54, 1.807) is 149 Å². The molecule has 0 radical (unpaired) electrons. The van der Waals surface area contributed by atoms with Gasteiger partial charge in [-0.15, -0.1) is 0 Å². The van der Waals surface area contributed by atoms with Crippen LogP contribution in [0.3, 0.4) is 0 Å². The van der Waals surface area contributed by atoms with Crippen LogP contribution in [0.15, 0.2) is 610 Å². The zero-order valence-corrected chi connectivity index (χ0v) is 111. The molecular weight excluding hydrogens is 3360 g/mol. The molecule has 0 unspecified atom stereocenters. The van der Waals surface area contributed by atoms with Gasteiger partial charge in [0.15, 0.2) is 0 Å². The molecule has 0 aliphatic heterocycles. The third-order valence-electron chi connectivity index (χ3n) is 12.7. The quantitative estimate of drug-likeness (QED) is 0.133. The van der Waals surface area contributed by atoms with E-state index in [0.29, 0.717) is 0 Å². The molecule has 0 fully saturated rings. The van der Waals surface area contributed by atoms with E-state index in [-0.39, 0.29) is 193 Å². The molecule has 0 bridgehead atoms. The van der Waals surface area contributed by atoms with Gasteiger partial charge in [-0.05, 0) is 146 Å². The number of pyridine rings is 12. The first kappa shape index (κ1) is 145. The molecule has 28 heteroatoms. The first-order valence-corrected chi connectivity index (χ1v) is 46.0. The van der Waals surface area contributed by atoms with E-state index in [1.807, 2.05) is 461 Å². The summed E-state index contributed by atoms with van der Waals surface area (Å²) in [6.07, 6.45) is 42.0. The Hall–Kier alpha value is -6.00. The van der Waals surface area contributed by atoms with Crippen molar-refractivity contribution in [2.24, 2.45) is 0 Å². The summed E-state index contributed by atoms with van der Waals surface area (Å²) in [5, 5.41) is 0. The second-order valence-corrected chi connectivity index (χ2v) is 30.7. The fourth-order valence-corrected chi connectivity index (χ4v) is 9.75. The van der Waals surface area contributed by atoms with E-state index in [2.05, 4.69) is 188 Å². The Balaban J connectivity index is -0.000000211. The predicted octanol–water partition coefficient (Wildman–Crippen LogP) is 15.3. The molecule has 0 atom stereocenters. The van der Waals surface area contributed by atoms with Crippen LogP contribution < -0.4 is 35.7 Å². The van der Waals surface area contributed by atoms with Crippen molar-refractivity contribution in [3.63, 3.8) is 0 Å². The van der Waals surface area contributed by atoms with Crippen molar-refractivity contribution in [2.75, 3.05) is 0 Å². The number of hydrogen-bond donors (Lipinski definition) is 0. The van der Waals surface area contributed by atoms with Gasteiger partial charge in [-0.3, -0.25) is 59.8 Å². The van der Waals surface area contributed by atoms with E-state index < -0.39 is 0 Å². The summed E-state index contributed by atoms with van der Waals surface area (Å²) >= 11 is 23.2. The molecule has 12 nitrogen and oxygen atoms in total. The van der Waals surface area contributed by atoms with Crippen molar-refractivity contribution in [1.82, 2.24) is 59.8 Å². The van der Waals surface area contributed by atoms with Gasteiger partial charge in [0.2, 0.25) is 0 Å². The van der Waals surface area contributed by atoms with Gasteiger partial charge in [-0.2, -0.15) is 0 Å².